The Bertz CT molecular complexity index is 1260. The van der Waals surface area contributed by atoms with Gasteiger partial charge < -0.3 is 20.2 Å². The van der Waals surface area contributed by atoms with E-state index in [0.717, 1.165) is 60.6 Å². The minimum Gasteiger partial charge on any atom is -0.491 e. The lowest BCUT2D eigenvalue weighted by Crippen LogP contribution is -2.62. The van der Waals surface area contributed by atoms with Gasteiger partial charge in [-0.05, 0) is 65.2 Å². The number of halogens is 1. The number of hydrogen-bond acceptors (Lipinski definition) is 7. The standard InChI is InChI=1S/C29H36ClN5O2/c1-6-7-21(36)14-37-22-8-9-24(30)23(10-22)27-33-26(25(17(2)3)19(5)32)18(4)28(34-27)35-15-29(16-35)11-20(12-29)13-31/h8-10,20-21,32,36H,6-7,11-12,14-16H2,1-5H3/t21-/m1/s1. The van der Waals surface area contributed by atoms with Crippen LogP contribution in [-0.2, 0) is 0 Å². The van der Waals surface area contributed by atoms with Crippen LogP contribution in [0.3, 0.4) is 0 Å². The van der Waals surface area contributed by atoms with Gasteiger partial charge in [0.25, 0.3) is 0 Å². The molecular weight excluding hydrogens is 486 g/mol. The van der Waals surface area contributed by atoms with E-state index in [-0.39, 0.29) is 17.9 Å². The summed E-state index contributed by atoms with van der Waals surface area (Å²) >= 11 is 6.65. The van der Waals surface area contributed by atoms with Gasteiger partial charge >= 0.3 is 0 Å². The molecule has 2 fully saturated rings. The van der Waals surface area contributed by atoms with Crippen molar-refractivity contribution in [1.29, 1.82) is 10.7 Å². The highest BCUT2D eigenvalue weighted by molar-refractivity contribution is 6.33. The summed E-state index contributed by atoms with van der Waals surface area (Å²) in [6, 6.07) is 7.76. The van der Waals surface area contributed by atoms with Gasteiger partial charge in [-0.15, -0.1) is 0 Å². The van der Waals surface area contributed by atoms with E-state index in [1.54, 1.807) is 19.1 Å². The molecule has 1 aromatic carbocycles. The third-order valence-corrected chi connectivity index (χ3v) is 7.70. The van der Waals surface area contributed by atoms with Crippen molar-refractivity contribution in [1.82, 2.24) is 9.97 Å². The highest BCUT2D eigenvalue weighted by atomic mass is 35.5. The molecule has 2 aliphatic rings. The molecule has 7 nitrogen and oxygen atoms in total. The second-order valence-corrected chi connectivity index (χ2v) is 11.2. The molecule has 1 saturated carbocycles. The molecule has 0 radical (unpaired) electrons. The van der Waals surface area contributed by atoms with Gasteiger partial charge in [-0.2, -0.15) is 5.26 Å². The van der Waals surface area contributed by atoms with Crippen LogP contribution in [0, 0.1) is 35.0 Å². The molecule has 2 aromatic rings. The normalized spacial score (nSPS) is 17.0. The van der Waals surface area contributed by atoms with E-state index in [1.807, 2.05) is 33.8 Å². The summed E-state index contributed by atoms with van der Waals surface area (Å²) < 4.78 is 5.85. The van der Waals surface area contributed by atoms with Crippen molar-refractivity contribution in [3.8, 4) is 23.2 Å². The Morgan fingerprint density at radius 1 is 1.30 bits per heavy atom. The van der Waals surface area contributed by atoms with Gasteiger partial charge in [-0.3, -0.25) is 0 Å². The van der Waals surface area contributed by atoms with Crippen LogP contribution in [0.25, 0.3) is 17.0 Å². The first kappa shape index (κ1) is 27.1. The molecule has 1 spiro atoms. The van der Waals surface area contributed by atoms with E-state index in [0.29, 0.717) is 34.3 Å². The van der Waals surface area contributed by atoms with Crippen molar-refractivity contribution in [2.45, 2.75) is 66.4 Å². The number of hydrogen-bond donors (Lipinski definition) is 2. The number of benzene rings is 1. The summed E-state index contributed by atoms with van der Waals surface area (Å²) in [5.74, 6) is 2.07. The number of nitrogens with one attached hydrogen (secondary N) is 1. The van der Waals surface area contributed by atoms with Crippen molar-refractivity contribution >= 4 is 28.7 Å². The number of nitriles is 1. The predicted molar refractivity (Wildman–Crippen MR) is 148 cm³/mol. The molecular formula is C29H36ClN5O2. The number of anilines is 1. The number of aromatic nitrogens is 2. The largest absolute Gasteiger partial charge is 0.491 e. The third kappa shape index (κ3) is 5.51. The fourth-order valence-corrected chi connectivity index (χ4v) is 5.79. The molecule has 1 aliphatic heterocycles. The maximum atomic E-state index is 10.1. The van der Waals surface area contributed by atoms with Crippen molar-refractivity contribution in [2.24, 2.45) is 11.3 Å². The summed E-state index contributed by atoms with van der Waals surface area (Å²) in [6.07, 6.45) is 2.91. The summed E-state index contributed by atoms with van der Waals surface area (Å²) in [6.45, 7) is 11.7. The second-order valence-electron chi connectivity index (χ2n) is 10.8. The van der Waals surface area contributed by atoms with Crippen molar-refractivity contribution in [2.75, 3.05) is 24.6 Å². The molecule has 1 aliphatic carbocycles. The van der Waals surface area contributed by atoms with Crippen molar-refractivity contribution in [3.63, 3.8) is 0 Å². The molecule has 1 atom stereocenters. The maximum Gasteiger partial charge on any atom is 0.163 e. The molecule has 37 heavy (non-hydrogen) atoms. The zero-order valence-electron chi connectivity index (χ0n) is 22.4. The van der Waals surface area contributed by atoms with Gasteiger partial charge in [-0.25, -0.2) is 9.97 Å². The zero-order chi connectivity index (χ0) is 26.9. The SMILES string of the molecule is CCC[C@@H](O)COc1ccc(Cl)c(-c2nc(C(C(C)=N)=C(C)C)c(C)c(N3CC4(CC(C#N)C4)C3)n2)c1. The molecule has 0 amide bonds. The zero-order valence-corrected chi connectivity index (χ0v) is 23.1. The van der Waals surface area contributed by atoms with Crippen LogP contribution in [0.2, 0.25) is 5.02 Å². The Morgan fingerprint density at radius 2 is 2.00 bits per heavy atom. The van der Waals surface area contributed by atoms with Crippen LogP contribution >= 0.6 is 11.6 Å². The van der Waals surface area contributed by atoms with Gasteiger partial charge in [0, 0.05) is 46.8 Å². The molecule has 4 rings (SSSR count). The topological polar surface area (TPSA) is 106 Å². The van der Waals surface area contributed by atoms with Crippen molar-refractivity contribution in [3.05, 3.63) is 40.1 Å². The Kier molecular flexibility index (Phi) is 7.91. The fraction of sp³-hybridized carbons (Fsp3) is 0.517. The van der Waals surface area contributed by atoms with Crippen LogP contribution in [-0.4, -0.2) is 46.6 Å². The van der Waals surface area contributed by atoms with E-state index < -0.39 is 6.10 Å². The number of allylic oxidation sites excluding steroid dienone is 2. The number of aliphatic hydroxyl groups is 1. The number of nitrogens with zero attached hydrogens (tertiary/aromatic N) is 4. The van der Waals surface area contributed by atoms with E-state index >= 15 is 0 Å². The molecule has 8 heteroatoms. The summed E-state index contributed by atoms with van der Waals surface area (Å²) in [4.78, 5) is 12.2. The van der Waals surface area contributed by atoms with Gasteiger partial charge in [0.15, 0.2) is 5.82 Å². The molecule has 0 unspecified atom stereocenters. The molecule has 2 heterocycles. The van der Waals surface area contributed by atoms with Gasteiger partial charge in [0.2, 0.25) is 0 Å². The number of aliphatic hydroxyl groups excluding tert-OH is 1. The van der Waals surface area contributed by atoms with Crippen molar-refractivity contribution < 1.29 is 9.84 Å². The van der Waals surface area contributed by atoms with Crippen LogP contribution < -0.4 is 9.64 Å². The van der Waals surface area contributed by atoms with Gasteiger partial charge in [0.05, 0.1) is 22.9 Å². The predicted octanol–water partition coefficient (Wildman–Crippen LogP) is 6.22. The highest BCUT2D eigenvalue weighted by Gasteiger charge is 2.53. The Hall–Kier alpha value is -2.95. The lowest BCUT2D eigenvalue weighted by molar-refractivity contribution is 0.0511. The lowest BCUT2D eigenvalue weighted by atomic mass is 9.58. The lowest BCUT2D eigenvalue weighted by Gasteiger charge is -2.58. The second kappa shape index (κ2) is 10.8. The summed E-state index contributed by atoms with van der Waals surface area (Å²) in [7, 11) is 0. The van der Waals surface area contributed by atoms with Gasteiger partial charge in [-0.1, -0.05) is 30.5 Å². The first-order chi connectivity index (χ1) is 17.6. The fourth-order valence-electron chi connectivity index (χ4n) is 5.59. The average molecular weight is 522 g/mol. The molecule has 1 aromatic heterocycles. The van der Waals surface area contributed by atoms with Crippen LogP contribution in [0.15, 0.2) is 23.8 Å². The van der Waals surface area contributed by atoms with Crippen LogP contribution in [0.1, 0.15) is 64.6 Å². The number of rotatable bonds is 9. The summed E-state index contributed by atoms with van der Waals surface area (Å²) in [5, 5.41) is 28.3. The maximum absolute atomic E-state index is 10.1. The van der Waals surface area contributed by atoms with E-state index in [2.05, 4.69) is 11.0 Å². The Morgan fingerprint density at radius 3 is 2.59 bits per heavy atom. The Balaban J connectivity index is 1.74. The average Bonchev–Trinajstić information content (AvgIpc) is 2.78. The molecule has 196 valence electrons. The van der Waals surface area contributed by atoms with Gasteiger partial charge in [0.1, 0.15) is 18.2 Å². The van der Waals surface area contributed by atoms with E-state index in [1.165, 1.54) is 0 Å². The van der Waals surface area contributed by atoms with Crippen LogP contribution in [0.4, 0.5) is 5.82 Å². The minimum absolute atomic E-state index is 0.162. The number of ether oxygens (including phenoxy) is 1. The first-order valence-corrected chi connectivity index (χ1v) is 13.3. The molecule has 2 N–H and O–H groups in total. The highest BCUT2D eigenvalue weighted by Crippen LogP contribution is 2.53. The molecule has 1 saturated heterocycles. The quantitative estimate of drug-likeness (QED) is 0.379. The molecule has 0 bridgehead atoms. The minimum atomic E-state index is -0.528. The monoisotopic (exact) mass is 521 g/mol. The third-order valence-electron chi connectivity index (χ3n) is 7.37. The Labute approximate surface area is 224 Å². The summed E-state index contributed by atoms with van der Waals surface area (Å²) in [5.41, 5.74) is 4.78. The van der Waals surface area contributed by atoms with E-state index in [4.69, 9.17) is 31.7 Å². The van der Waals surface area contributed by atoms with E-state index in [9.17, 15) is 10.4 Å². The smallest absolute Gasteiger partial charge is 0.163 e. The van der Waals surface area contributed by atoms with Crippen LogP contribution in [0.5, 0.6) is 5.75 Å². The first-order valence-electron chi connectivity index (χ1n) is 12.9.